The van der Waals surface area contributed by atoms with Crippen LogP contribution in [0.4, 0.5) is 23.0 Å². The quantitative estimate of drug-likeness (QED) is 0.274. The van der Waals surface area contributed by atoms with Gasteiger partial charge in [0, 0.05) is 22.9 Å². The van der Waals surface area contributed by atoms with Gasteiger partial charge in [-0.2, -0.15) is 0 Å². The predicted octanol–water partition coefficient (Wildman–Crippen LogP) is 4.80. The lowest BCUT2D eigenvalue weighted by Gasteiger charge is -2.14. The van der Waals surface area contributed by atoms with Crippen LogP contribution in [0, 0.1) is 0 Å². The maximum absolute atomic E-state index is 13.0. The SMILES string of the molecule is COC(=O)CCNc1ccc(Nc2nc3ccccc3nc2NS(=O)(=O)c2ccc(Cl)cc2)cc1. The minimum atomic E-state index is -3.94. The number of fused-ring (bicyclic) bond motifs is 1. The first-order chi connectivity index (χ1) is 16.8. The predicted molar refractivity (Wildman–Crippen MR) is 137 cm³/mol. The largest absolute Gasteiger partial charge is 0.469 e. The van der Waals surface area contributed by atoms with Crippen LogP contribution in [0.5, 0.6) is 0 Å². The average Bonchev–Trinajstić information content (AvgIpc) is 2.85. The zero-order valence-electron chi connectivity index (χ0n) is 18.7. The van der Waals surface area contributed by atoms with Gasteiger partial charge >= 0.3 is 5.97 Å². The third kappa shape index (κ3) is 6.17. The molecule has 1 heterocycles. The first-order valence-corrected chi connectivity index (χ1v) is 12.4. The third-order valence-corrected chi connectivity index (χ3v) is 6.57. The van der Waals surface area contributed by atoms with Crippen molar-refractivity contribution in [2.75, 3.05) is 29.0 Å². The van der Waals surface area contributed by atoms with Gasteiger partial charge in [0.25, 0.3) is 10.0 Å². The highest BCUT2D eigenvalue weighted by Crippen LogP contribution is 2.28. The molecule has 0 spiro atoms. The van der Waals surface area contributed by atoms with Crippen molar-refractivity contribution in [2.45, 2.75) is 11.3 Å². The van der Waals surface area contributed by atoms with E-state index in [0.29, 0.717) is 28.3 Å². The molecule has 0 aliphatic rings. The highest BCUT2D eigenvalue weighted by molar-refractivity contribution is 7.92. The Balaban J connectivity index is 1.59. The number of carbonyl (C=O) groups is 1. The summed E-state index contributed by atoms with van der Waals surface area (Å²) in [5.74, 6) is 0.00538. The van der Waals surface area contributed by atoms with E-state index in [9.17, 15) is 13.2 Å². The molecule has 180 valence electrons. The number of halogens is 1. The Hall–Kier alpha value is -3.89. The van der Waals surface area contributed by atoms with Crippen LogP contribution in [0.15, 0.2) is 77.7 Å². The molecule has 35 heavy (non-hydrogen) atoms. The molecule has 0 bridgehead atoms. The molecule has 4 rings (SSSR count). The number of rotatable bonds is 9. The van der Waals surface area contributed by atoms with Crippen molar-refractivity contribution in [2.24, 2.45) is 0 Å². The molecular formula is C24H22ClN5O4S. The molecule has 0 saturated carbocycles. The summed E-state index contributed by atoms with van der Waals surface area (Å²) in [5, 5.41) is 6.70. The fourth-order valence-electron chi connectivity index (χ4n) is 3.18. The van der Waals surface area contributed by atoms with Crippen LogP contribution in [0.2, 0.25) is 5.02 Å². The first-order valence-electron chi connectivity index (χ1n) is 10.6. The lowest BCUT2D eigenvalue weighted by Crippen LogP contribution is -2.16. The number of esters is 1. The second-order valence-electron chi connectivity index (χ2n) is 7.42. The van der Waals surface area contributed by atoms with Crippen LogP contribution < -0.4 is 15.4 Å². The molecule has 0 saturated heterocycles. The molecule has 0 aliphatic carbocycles. The fraction of sp³-hybridized carbons (Fsp3) is 0.125. The van der Waals surface area contributed by atoms with E-state index in [1.807, 2.05) is 18.2 Å². The summed E-state index contributed by atoms with van der Waals surface area (Å²) in [6, 6.07) is 20.3. The van der Waals surface area contributed by atoms with Gasteiger partial charge in [-0.3, -0.25) is 9.52 Å². The number of benzene rings is 3. The molecular weight excluding hydrogens is 490 g/mol. The topological polar surface area (TPSA) is 122 Å². The number of nitrogens with zero attached hydrogens (tertiary/aromatic N) is 2. The number of para-hydroxylation sites is 2. The Morgan fingerprint density at radius 2 is 1.49 bits per heavy atom. The Morgan fingerprint density at radius 3 is 2.11 bits per heavy atom. The van der Waals surface area contributed by atoms with E-state index in [4.69, 9.17) is 11.6 Å². The van der Waals surface area contributed by atoms with Crippen molar-refractivity contribution in [3.05, 3.63) is 77.8 Å². The van der Waals surface area contributed by atoms with Gasteiger partial charge in [-0.25, -0.2) is 18.4 Å². The van der Waals surface area contributed by atoms with Gasteiger partial charge in [-0.05, 0) is 60.7 Å². The average molecular weight is 512 g/mol. The van der Waals surface area contributed by atoms with E-state index < -0.39 is 10.0 Å². The fourth-order valence-corrected chi connectivity index (χ4v) is 4.31. The lowest BCUT2D eigenvalue weighted by molar-refractivity contribution is -0.140. The summed E-state index contributed by atoms with van der Waals surface area (Å²) < 4.78 is 33.1. The van der Waals surface area contributed by atoms with Gasteiger partial charge in [0.05, 0.1) is 29.5 Å². The summed E-state index contributed by atoms with van der Waals surface area (Å²) in [6.07, 6.45) is 0.250. The third-order valence-electron chi connectivity index (χ3n) is 4.96. The molecule has 0 radical (unpaired) electrons. The van der Waals surface area contributed by atoms with Crippen LogP contribution in [0.3, 0.4) is 0 Å². The van der Waals surface area contributed by atoms with E-state index in [2.05, 4.69) is 30.1 Å². The Kier molecular flexibility index (Phi) is 7.33. The number of anilines is 4. The number of ether oxygens (including phenoxy) is 1. The van der Waals surface area contributed by atoms with E-state index in [0.717, 1.165) is 5.69 Å². The molecule has 4 aromatic rings. The van der Waals surface area contributed by atoms with Crippen LogP contribution in [0.25, 0.3) is 11.0 Å². The Bertz CT molecular complexity index is 1450. The molecule has 11 heteroatoms. The van der Waals surface area contributed by atoms with Crippen molar-refractivity contribution in [1.29, 1.82) is 0 Å². The maximum atomic E-state index is 13.0. The van der Waals surface area contributed by atoms with Crippen molar-refractivity contribution in [3.63, 3.8) is 0 Å². The highest BCUT2D eigenvalue weighted by atomic mass is 35.5. The lowest BCUT2D eigenvalue weighted by atomic mass is 10.2. The van der Waals surface area contributed by atoms with E-state index in [1.165, 1.54) is 31.4 Å². The van der Waals surface area contributed by atoms with Gasteiger partial charge in [-0.15, -0.1) is 0 Å². The maximum Gasteiger partial charge on any atom is 0.307 e. The van der Waals surface area contributed by atoms with Gasteiger partial charge in [0.2, 0.25) is 0 Å². The van der Waals surface area contributed by atoms with Crippen molar-refractivity contribution in [1.82, 2.24) is 9.97 Å². The number of aromatic nitrogens is 2. The molecule has 0 atom stereocenters. The number of nitrogens with one attached hydrogen (secondary N) is 3. The smallest absolute Gasteiger partial charge is 0.307 e. The second-order valence-corrected chi connectivity index (χ2v) is 9.54. The van der Waals surface area contributed by atoms with Crippen LogP contribution in [0.1, 0.15) is 6.42 Å². The molecule has 0 aliphatic heterocycles. The van der Waals surface area contributed by atoms with E-state index in [1.54, 1.807) is 30.3 Å². The summed E-state index contributed by atoms with van der Waals surface area (Å²) >= 11 is 5.89. The molecule has 3 aromatic carbocycles. The minimum absolute atomic E-state index is 0.0465. The van der Waals surface area contributed by atoms with Gasteiger partial charge in [-0.1, -0.05) is 23.7 Å². The summed E-state index contributed by atoms with van der Waals surface area (Å²) in [6.45, 7) is 0.437. The van der Waals surface area contributed by atoms with Crippen molar-refractivity contribution in [3.8, 4) is 0 Å². The summed E-state index contributed by atoms with van der Waals surface area (Å²) in [7, 11) is -2.59. The number of hydrogen-bond donors (Lipinski definition) is 3. The zero-order valence-corrected chi connectivity index (χ0v) is 20.2. The van der Waals surface area contributed by atoms with E-state index >= 15 is 0 Å². The second kappa shape index (κ2) is 10.6. The number of methoxy groups -OCH3 is 1. The van der Waals surface area contributed by atoms with Gasteiger partial charge in [0.1, 0.15) is 0 Å². The standard InChI is InChI=1S/C24H22ClN5O4S/c1-34-22(31)14-15-26-17-8-10-18(11-9-17)27-23-24(29-21-5-3-2-4-20(21)28-23)30-35(32,33)19-12-6-16(25)7-13-19/h2-13,26H,14-15H2,1H3,(H,27,28)(H,29,30). The van der Waals surface area contributed by atoms with Crippen molar-refractivity contribution >= 4 is 61.6 Å². The normalized spacial score (nSPS) is 11.1. The molecule has 0 unspecified atom stereocenters. The summed E-state index contributed by atoms with van der Waals surface area (Å²) in [5.41, 5.74) is 2.62. The van der Waals surface area contributed by atoms with Gasteiger partial charge in [0.15, 0.2) is 11.6 Å². The highest BCUT2D eigenvalue weighted by Gasteiger charge is 2.19. The molecule has 3 N–H and O–H groups in total. The Morgan fingerprint density at radius 1 is 0.886 bits per heavy atom. The summed E-state index contributed by atoms with van der Waals surface area (Å²) in [4.78, 5) is 20.4. The van der Waals surface area contributed by atoms with E-state index in [-0.39, 0.29) is 28.9 Å². The number of sulfonamides is 1. The van der Waals surface area contributed by atoms with Crippen LogP contribution in [-0.4, -0.2) is 38.0 Å². The number of hydrogen-bond acceptors (Lipinski definition) is 8. The molecule has 0 fully saturated rings. The monoisotopic (exact) mass is 511 g/mol. The van der Waals surface area contributed by atoms with Gasteiger partial charge < -0.3 is 15.4 Å². The van der Waals surface area contributed by atoms with Crippen molar-refractivity contribution < 1.29 is 17.9 Å². The molecule has 9 nitrogen and oxygen atoms in total. The van der Waals surface area contributed by atoms with Crippen LogP contribution >= 0.6 is 11.6 Å². The Labute approximate surface area is 207 Å². The molecule has 1 aromatic heterocycles. The van der Waals surface area contributed by atoms with Crippen LogP contribution in [-0.2, 0) is 19.6 Å². The minimum Gasteiger partial charge on any atom is -0.469 e. The first kappa shape index (κ1) is 24.2. The zero-order chi connectivity index (χ0) is 24.8. The number of carbonyl (C=O) groups excluding carboxylic acids is 1. The molecule has 0 amide bonds.